The van der Waals surface area contributed by atoms with Gasteiger partial charge in [0.15, 0.2) is 0 Å². The van der Waals surface area contributed by atoms with Crippen LogP contribution in [0.2, 0.25) is 0 Å². The summed E-state index contributed by atoms with van der Waals surface area (Å²) in [5.74, 6) is 2.09. The van der Waals surface area contributed by atoms with E-state index in [0.717, 1.165) is 25.0 Å². The lowest BCUT2D eigenvalue weighted by molar-refractivity contribution is 0.229. The Morgan fingerprint density at radius 1 is 0.920 bits per heavy atom. The number of aryl methyl sites for hydroxylation is 2. The van der Waals surface area contributed by atoms with Crippen LogP contribution < -0.4 is 4.74 Å². The first-order valence-corrected chi connectivity index (χ1v) is 9.59. The van der Waals surface area contributed by atoms with E-state index in [1.807, 2.05) is 13.8 Å². The highest BCUT2D eigenvalue weighted by Crippen LogP contribution is 2.37. The Hall–Kier alpha value is -1.80. The lowest BCUT2D eigenvalue weighted by Gasteiger charge is -2.12. The van der Waals surface area contributed by atoms with Gasteiger partial charge in [-0.2, -0.15) is 0 Å². The molecule has 1 aliphatic rings. The average molecular weight is 338 g/mol. The first-order valence-electron chi connectivity index (χ1n) is 9.59. The van der Waals surface area contributed by atoms with Crippen LogP contribution in [0, 0.1) is 5.92 Å². The van der Waals surface area contributed by atoms with E-state index in [9.17, 15) is 5.11 Å². The van der Waals surface area contributed by atoms with Crippen molar-refractivity contribution in [2.75, 3.05) is 6.61 Å². The topological polar surface area (TPSA) is 29.5 Å². The smallest absolute Gasteiger partial charge is 0.119 e. The summed E-state index contributed by atoms with van der Waals surface area (Å²) in [6.45, 7) is 4.44. The van der Waals surface area contributed by atoms with Crippen molar-refractivity contribution in [3.05, 3.63) is 65.2 Å². The molecule has 2 atom stereocenters. The van der Waals surface area contributed by atoms with Crippen LogP contribution in [0.3, 0.4) is 0 Å². The first-order chi connectivity index (χ1) is 12.1. The Balaban J connectivity index is 1.52. The molecular formula is C23H30O2. The standard InChI is InChI=1S/C23H30O2/c1-17(2)25-23-13-8-19(9-14-23)4-3-18-5-10-21(11-6-18)22-12-7-20(15-22)16-24/h5-6,8-11,13-14,17,20,22,24H,3-4,7,12,15-16H2,1-2H3/t20-,22+/m0/s1. The second-order valence-corrected chi connectivity index (χ2v) is 7.61. The summed E-state index contributed by atoms with van der Waals surface area (Å²) >= 11 is 0. The third-order valence-electron chi connectivity index (χ3n) is 5.25. The summed E-state index contributed by atoms with van der Waals surface area (Å²) in [6.07, 6.45) is 5.86. The van der Waals surface area contributed by atoms with E-state index in [4.69, 9.17) is 4.74 Å². The molecule has 0 amide bonds. The van der Waals surface area contributed by atoms with E-state index in [0.29, 0.717) is 18.4 Å². The Morgan fingerprint density at radius 2 is 1.52 bits per heavy atom. The zero-order valence-corrected chi connectivity index (χ0v) is 15.4. The zero-order chi connectivity index (χ0) is 17.6. The summed E-state index contributed by atoms with van der Waals surface area (Å²) in [7, 11) is 0. The SMILES string of the molecule is CC(C)Oc1ccc(CCc2ccc([C@@H]3CC[C@H](CO)C3)cc2)cc1. The number of benzene rings is 2. The maximum atomic E-state index is 9.31. The van der Waals surface area contributed by atoms with Crippen LogP contribution in [0.15, 0.2) is 48.5 Å². The lowest BCUT2D eigenvalue weighted by atomic mass is 9.94. The summed E-state index contributed by atoms with van der Waals surface area (Å²) in [5, 5.41) is 9.31. The van der Waals surface area contributed by atoms with Gasteiger partial charge in [-0.3, -0.25) is 0 Å². The number of aliphatic hydroxyl groups excluding tert-OH is 1. The van der Waals surface area contributed by atoms with Crippen LogP contribution in [-0.2, 0) is 12.8 Å². The van der Waals surface area contributed by atoms with Crippen LogP contribution in [0.25, 0.3) is 0 Å². The van der Waals surface area contributed by atoms with Crippen LogP contribution >= 0.6 is 0 Å². The largest absolute Gasteiger partial charge is 0.491 e. The van der Waals surface area contributed by atoms with Crippen molar-refractivity contribution >= 4 is 0 Å². The van der Waals surface area contributed by atoms with Crippen LogP contribution in [0.5, 0.6) is 5.75 Å². The fraction of sp³-hybridized carbons (Fsp3) is 0.478. The fourth-order valence-corrected chi connectivity index (χ4v) is 3.80. The normalized spacial score (nSPS) is 20.2. The Kier molecular flexibility index (Phi) is 6.14. The maximum absolute atomic E-state index is 9.31. The van der Waals surface area contributed by atoms with Gasteiger partial charge in [-0.15, -0.1) is 0 Å². The Bertz CT molecular complexity index is 643. The van der Waals surface area contributed by atoms with Gasteiger partial charge in [0.1, 0.15) is 5.75 Å². The van der Waals surface area contributed by atoms with Gasteiger partial charge in [-0.05, 0) is 86.6 Å². The molecule has 1 saturated carbocycles. The first kappa shape index (κ1) is 18.0. The van der Waals surface area contributed by atoms with Gasteiger partial charge >= 0.3 is 0 Å². The number of ether oxygens (including phenoxy) is 1. The highest BCUT2D eigenvalue weighted by atomic mass is 16.5. The van der Waals surface area contributed by atoms with Gasteiger partial charge in [0.2, 0.25) is 0 Å². The summed E-state index contributed by atoms with van der Waals surface area (Å²) in [6, 6.07) is 17.6. The molecule has 0 aromatic heterocycles. The van der Waals surface area contributed by atoms with Gasteiger partial charge < -0.3 is 9.84 Å². The molecule has 3 rings (SSSR count). The minimum absolute atomic E-state index is 0.219. The molecule has 0 heterocycles. The van der Waals surface area contributed by atoms with Crippen molar-refractivity contribution < 1.29 is 9.84 Å². The average Bonchev–Trinajstić information content (AvgIpc) is 3.10. The van der Waals surface area contributed by atoms with Gasteiger partial charge in [0.05, 0.1) is 6.10 Å². The van der Waals surface area contributed by atoms with Crippen molar-refractivity contribution in [2.24, 2.45) is 5.92 Å². The molecule has 0 aliphatic heterocycles. The quantitative estimate of drug-likeness (QED) is 0.758. The minimum Gasteiger partial charge on any atom is -0.491 e. The predicted molar refractivity (Wildman–Crippen MR) is 103 cm³/mol. The molecular weight excluding hydrogens is 308 g/mol. The third kappa shape index (κ3) is 5.09. The summed E-state index contributed by atoms with van der Waals surface area (Å²) in [4.78, 5) is 0. The maximum Gasteiger partial charge on any atom is 0.119 e. The molecule has 1 N–H and O–H groups in total. The predicted octanol–water partition coefficient (Wildman–Crippen LogP) is 5.14. The molecule has 2 heteroatoms. The molecule has 1 aliphatic carbocycles. The van der Waals surface area contributed by atoms with E-state index >= 15 is 0 Å². The highest BCUT2D eigenvalue weighted by molar-refractivity contribution is 5.30. The minimum atomic E-state index is 0.219. The second kappa shape index (κ2) is 8.53. The van der Waals surface area contributed by atoms with E-state index in [1.54, 1.807) is 0 Å². The molecule has 1 fully saturated rings. The molecule has 2 aromatic carbocycles. The van der Waals surface area contributed by atoms with Gasteiger partial charge in [-0.1, -0.05) is 36.4 Å². The van der Waals surface area contributed by atoms with Crippen molar-refractivity contribution in [3.63, 3.8) is 0 Å². The zero-order valence-electron chi connectivity index (χ0n) is 15.4. The van der Waals surface area contributed by atoms with E-state index in [1.165, 1.54) is 29.5 Å². The van der Waals surface area contributed by atoms with E-state index in [-0.39, 0.29) is 6.10 Å². The molecule has 2 nitrogen and oxygen atoms in total. The molecule has 0 spiro atoms. The Labute approximate surface area is 151 Å². The third-order valence-corrected chi connectivity index (χ3v) is 5.25. The van der Waals surface area contributed by atoms with Crippen molar-refractivity contribution in [1.29, 1.82) is 0 Å². The van der Waals surface area contributed by atoms with Crippen molar-refractivity contribution in [1.82, 2.24) is 0 Å². The van der Waals surface area contributed by atoms with Gasteiger partial charge in [-0.25, -0.2) is 0 Å². The summed E-state index contributed by atoms with van der Waals surface area (Å²) < 4.78 is 5.69. The van der Waals surface area contributed by atoms with Gasteiger partial charge in [0, 0.05) is 6.61 Å². The number of aliphatic hydroxyl groups is 1. The van der Waals surface area contributed by atoms with E-state index < -0.39 is 0 Å². The van der Waals surface area contributed by atoms with Crippen LogP contribution in [0.4, 0.5) is 0 Å². The molecule has 134 valence electrons. The summed E-state index contributed by atoms with van der Waals surface area (Å²) in [5.41, 5.74) is 4.18. The van der Waals surface area contributed by atoms with Crippen LogP contribution in [-0.4, -0.2) is 17.8 Å². The fourth-order valence-electron chi connectivity index (χ4n) is 3.80. The van der Waals surface area contributed by atoms with E-state index in [2.05, 4.69) is 48.5 Å². The van der Waals surface area contributed by atoms with Crippen LogP contribution in [0.1, 0.15) is 55.7 Å². The van der Waals surface area contributed by atoms with Gasteiger partial charge in [0.25, 0.3) is 0 Å². The lowest BCUT2D eigenvalue weighted by Crippen LogP contribution is -2.05. The van der Waals surface area contributed by atoms with Crippen molar-refractivity contribution in [3.8, 4) is 5.75 Å². The highest BCUT2D eigenvalue weighted by Gasteiger charge is 2.24. The van der Waals surface area contributed by atoms with Crippen molar-refractivity contribution in [2.45, 2.75) is 58.0 Å². The second-order valence-electron chi connectivity index (χ2n) is 7.61. The molecule has 0 saturated heterocycles. The molecule has 25 heavy (non-hydrogen) atoms. The number of hydrogen-bond acceptors (Lipinski definition) is 2. The molecule has 2 aromatic rings. The Morgan fingerprint density at radius 3 is 2.04 bits per heavy atom. The molecule has 0 bridgehead atoms. The molecule has 0 radical (unpaired) electrons. The number of hydrogen-bond donors (Lipinski definition) is 1. The molecule has 0 unspecified atom stereocenters. The monoisotopic (exact) mass is 338 g/mol. The number of rotatable bonds is 7.